The van der Waals surface area contributed by atoms with E-state index in [0.717, 1.165) is 6.42 Å². The van der Waals surface area contributed by atoms with Gasteiger partial charge in [-0.2, -0.15) is 0 Å². The van der Waals surface area contributed by atoms with Gasteiger partial charge in [0, 0.05) is 12.4 Å². The zero-order chi connectivity index (χ0) is 8.10. The first kappa shape index (κ1) is 7.99. The maximum absolute atomic E-state index is 4.06. The van der Waals surface area contributed by atoms with Crippen LogP contribution in [0.15, 0.2) is 24.5 Å². The molecular weight excluding hydrogens is 134 g/mol. The molecule has 0 spiro atoms. The smallest absolute Gasteiger partial charge is 0.0342 e. The van der Waals surface area contributed by atoms with Crippen molar-refractivity contribution in [3.8, 4) is 0 Å². The van der Waals surface area contributed by atoms with E-state index in [1.54, 1.807) is 0 Å². The third kappa shape index (κ3) is 1.90. The molecule has 1 aromatic rings. The first-order chi connectivity index (χ1) is 5.38. The number of nitrogens with zero attached hydrogens (tertiary/aromatic N) is 1. The van der Waals surface area contributed by atoms with Gasteiger partial charge < -0.3 is 0 Å². The molecular formula is C10H13N. The minimum absolute atomic E-state index is 1.07. The maximum Gasteiger partial charge on any atom is 0.0342 e. The Morgan fingerprint density at radius 3 is 3.00 bits per heavy atom. The Kier molecular flexibility index (Phi) is 2.84. The highest BCUT2D eigenvalue weighted by Gasteiger charge is 1.93. The van der Waals surface area contributed by atoms with Crippen molar-refractivity contribution in [1.29, 1.82) is 0 Å². The molecule has 58 valence electrons. The first-order valence-electron chi connectivity index (χ1n) is 3.94. The number of hydrogen-bond donors (Lipinski definition) is 0. The topological polar surface area (TPSA) is 12.9 Å². The number of aromatic nitrogens is 1. The lowest BCUT2D eigenvalue weighted by Crippen LogP contribution is -1.86. The zero-order valence-corrected chi connectivity index (χ0v) is 7.04. The van der Waals surface area contributed by atoms with Crippen molar-refractivity contribution in [3.63, 3.8) is 0 Å². The summed E-state index contributed by atoms with van der Waals surface area (Å²) in [5.74, 6) is 0. The zero-order valence-electron chi connectivity index (χ0n) is 7.04. The summed E-state index contributed by atoms with van der Waals surface area (Å²) in [7, 11) is 0. The van der Waals surface area contributed by atoms with Crippen LogP contribution in [0.3, 0.4) is 0 Å². The largest absolute Gasteiger partial charge is 0.264 e. The van der Waals surface area contributed by atoms with Crippen LogP contribution in [0.1, 0.15) is 25.0 Å². The Hall–Kier alpha value is -1.11. The molecule has 0 aromatic carbocycles. The van der Waals surface area contributed by atoms with Gasteiger partial charge in [-0.15, -0.1) is 0 Å². The van der Waals surface area contributed by atoms with Crippen molar-refractivity contribution >= 4 is 6.08 Å². The fourth-order valence-corrected chi connectivity index (χ4v) is 1.09. The Morgan fingerprint density at radius 1 is 1.55 bits per heavy atom. The van der Waals surface area contributed by atoms with E-state index in [9.17, 15) is 0 Å². The molecule has 1 nitrogen and oxygen atoms in total. The second-order valence-electron chi connectivity index (χ2n) is 2.43. The summed E-state index contributed by atoms with van der Waals surface area (Å²) < 4.78 is 0. The minimum atomic E-state index is 1.07. The lowest BCUT2D eigenvalue weighted by atomic mass is 10.1. The van der Waals surface area contributed by atoms with Crippen molar-refractivity contribution < 1.29 is 0 Å². The predicted octanol–water partition coefficient (Wildman–Crippen LogP) is 2.68. The molecule has 0 saturated heterocycles. The summed E-state index contributed by atoms with van der Waals surface area (Å²) in [6.07, 6.45) is 8.94. The van der Waals surface area contributed by atoms with Gasteiger partial charge in [-0.05, 0) is 30.5 Å². The van der Waals surface area contributed by atoms with Crippen molar-refractivity contribution in [2.24, 2.45) is 0 Å². The maximum atomic E-state index is 4.06. The van der Waals surface area contributed by atoms with Crippen LogP contribution in [0.5, 0.6) is 0 Å². The predicted molar refractivity (Wildman–Crippen MR) is 48.3 cm³/mol. The monoisotopic (exact) mass is 147 g/mol. The van der Waals surface area contributed by atoms with Gasteiger partial charge in [-0.1, -0.05) is 19.1 Å². The van der Waals surface area contributed by atoms with Crippen LogP contribution in [0.2, 0.25) is 0 Å². The van der Waals surface area contributed by atoms with Crippen LogP contribution in [0.25, 0.3) is 6.08 Å². The standard InChI is InChI=1S/C10H13N/c1-3-5-10-8-11-7-6-9(10)4-2/h3,5-8H,4H2,1-2H3. The van der Waals surface area contributed by atoms with Crippen LogP contribution in [-0.2, 0) is 6.42 Å². The number of aryl methyl sites for hydroxylation is 1. The Balaban J connectivity index is 3.02. The van der Waals surface area contributed by atoms with E-state index in [1.807, 2.05) is 25.4 Å². The molecule has 0 amide bonds. The number of rotatable bonds is 2. The summed E-state index contributed by atoms with van der Waals surface area (Å²) in [5.41, 5.74) is 2.59. The minimum Gasteiger partial charge on any atom is -0.264 e. The second kappa shape index (κ2) is 3.91. The Labute approximate surface area is 67.8 Å². The normalized spacial score (nSPS) is 10.7. The molecule has 0 radical (unpaired) electrons. The SMILES string of the molecule is CC=Cc1cnccc1CC. The molecule has 0 aliphatic rings. The lowest BCUT2D eigenvalue weighted by molar-refractivity contribution is 1.11. The van der Waals surface area contributed by atoms with Crippen molar-refractivity contribution in [1.82, 2.24) is 4.98 Å². The molecule has 1 rings (SSSR count). The van der Waals surface area contributed by atoms with Crippen molar-refractivity contribution in [2.45, 2.75) is 20.3 Å². The highest BCUT2D eigenvalue weighted by atomic mass is 14.6. The number of hydrogen-bond acceptors (Lipinski definition) is 1. The van der Waals surface area contributed by atoms with E-state index < -0.39 is 0 Å². The van der Waals surface area contributed by atoms with Gasteiger partial charge in [0.1, 0.15) is 0 Å². The molecule has 11 heavy (non-hydrogen) atoms. The second-order valence-corrected chi connectivity index (χ2v) is 2.43. The quantitative estimate of drug-likeness (QED) is 0.626. The first-order valence-corrected chi connectivity index (χ1v) is 3.94. The van der Waals surface area contributed by atoms with Crippen molar-refractivity contribution in [2.75, 3.05) is 0 Å². The average molecular weight is 147 g/mol. The summed E-state index contributed by atoms with van der Waals surface area (Å²) in [5, 5.41) is 0. The highest BCUT2D eigenvalue weighted by Crippen LogP contribution is 2.08. The van der Waals surface area contributed by atoms with E-state index in [4.69, 9.17) is 0 Å². The van der Waals surface area contributed by atoms with Gasteiger partial charge in [-0.3, -0.25) is 4.98 Å². The van der Waals surface area contributed by atoms with Gasteiger partial charge in [0.25, 0.3) is 0 Å². The van der Waals surface area contributed by atoms with Gasteiger partial charge in [0.15, 0.2) is 0 Å². The van der Waals surface area contributed by atoms with E-state index in [2.05, 4.69) is 24.1 Å². The molecule has 0 aliphatic heterocycles. The highest BCUT2D eigenvalue weighted by molar-refractivity contribution is 5.51. The van der Waals surface area contributed by atoms with E-state index in [1.165, 1.54) is 11.1 Å². The average Bonchev–Trinajstić information content (AvgIpc) is 2.06. The van der Waals surface area contributed by atoms with Gasteiger partial charge in [0.05, 0.1) is 0 Å². The van der Waals surface area contributed by atoms with Gasteiger partial charge in [-0.25, -0.2) is 0 Å². The summed E-state index contributed by atoms with van der Waals surface area (Å²) in [6.45, 7) is 4.18. The van der Waals surface area contributed by atoms with Crippen LogP contribution in [0.4, 0.5) is 0 Å². The fraction of sp³-hybridized carbons (Fsp3) is 0.300. The summed E-state index contributed by atoms with van der Waals surface area (Å²) in [4.78, 5) is 4.06. The Morgan fingerprint density at radius 2 is 2.36 bits per heavy atom. The molecule has 0 aliphatic carbocycles. The molecule has 1 heteroatoms. The third-order valence-corrected chi connectivity index (χ3v) is 1.67. The number of allylic oxidation sites excluding steroid dienone is 1. The number of pyridine rings is 1. The molecule has 0 saturated carbocycles. The fourth-order valence-electron chi connectivity index (χ4n) is 1.09. The third-order valence-electron chi connectivity index (χ3n) is 1.67. The molecule has 0 unspecified atom stereocenters. The Bertz CT molecular complexity index is 251. The van der Waals surface area contributed by atoms with E-state index in [0.29, 0.717) is 0 Å². The van der Waals surface area contributed by atoms with E-state index in [-0.39, 0.29) is 0 Å². The molecule has 0 fully saturated rings. The van der Waals surface area contributed by atoms with Gasteiger partial charge in [0.2, 0.25) is 0 Å². The van der Waals surface area contributed by atoms with Crippen LogP contribution in [0, 0.1) is 0 Å². The summed E-state index contributed by atoms with van der Waals surface area (Å²) in [6, 6.07) is 2.06. The van der Waals surface area contributed by atoms with Crippen LogP contribution >= 0.6 is 0 Å². The van der Waals surface area contributed by atoms with Crippen molar-refractivity contribution in [3.05, 3.63) is 35.7 Å². The summed E-state index contributed by atoms with van der Waals surface area (Å²) >= 11 is 0. The molecule has 1 aromatic heterocycles. The lowest BCUT2D eigenvalue weighted by Gasteiger charge is -1.99. The van der Waals surface area contributed by atoms with Crippen LogP contribution in [-0.4, -0.2) is 4.98 Å². The van der Waals surface area contributed by atoms with E-state index >= 15 is 0 Å². The molecule has 0 atom stereocenters. The van der Waals surface area contributed by atoms with Crippen LogP contribution < -0.4 is 0 Å². The molecule has 0 N–H and O–H groups in total. The molecule has 0 bridgehead atoms. The van der Waals surface area contributed by atoms with Gasteiger partial charge >= 0.3 is 0 Å². The molecule has 1 heterocycles.